The van der Waals surface area contributed by atoms with Gasteiger partial charge < -0.3 is 4.74 Å². The zero-order chi connectivity index (χ0) is 51.6. The minimum atomic E-state index is -4.34. The lowest BCUT2D eigenvalue weighted by Gasteiger charge is -2.33. The Hall–Kier alpha value is -8.54. The fraction of sp³-hybridized carbons (Fsp3) is 0.103. The monoisotopic (exact) mass is 966 g/mol. The second kappa shape index (κ2) is 27.7. The van der Waals surface area contributed by atoms with Crippen LogP contribution in [-0.4, -0.2) is 12.0 Å². The quantitative estimate of drug-likeness (QED) is 0.128. The van der Waals surface area contributed by atoms with Gasteiger partial charge in [-0.15, -0.1) is 0 Å². The second-order valence-corrected chi connectivity index (χ2v) is 17.6. The van der Waals surface area contributed by atoms with E-state index in [1.165, 1.54) is 53.4 Å². The highest BCUT2D eigenvalue weighted by molar-refractivity contribution is 6.08. The van der Waals surface area contributed by atoms with Crippen LogP contribution in [0.1, 0.15) is 70.1 Å². The van der Waals surface area contributed by atoms with Gasteiger partial charge in [-0.3, -0.25) is 4.79 Å². The van der Waals surface area contributed by atoms with Gasteiger partial charge in [0.1, 0.15) is 16.9 Å². The molecule has 2 nitrogen and oxygen atoms in total. The molecular weight excluding hydrogens is 906 g/mol. The van der Waals surface area contributed by atoms with Gasteiger partial charge in [0.15, 0.2) is 5.78 Å². The van der Waals surface area contributed by atoms with Crippen LogP contribution in [0.5, 0.6) is 11.5 Å². The maximum atomic E-state index is 13.5. The topological polar surface area (TPSA) is 26.3 Å². The number of benzene rings is 10. The molecule has 5 heteroatoms. The Morgan fingerprint density at radius 2 is 0.562 bits per heavy atom. The van der Waals surface area contributed by atoms with E-state index in [4.69, 9.17) is 4.74 Å². The van der Waals surface area contributed by atoms with Crippen LogP contribution in [0, 0.1) is 0 Å². The number of ether oxygens (including phenoxy) is 1. The van der Waals surface area contributed by atoms with Gasteiger partial charge in [-0.05, 0) is 71.0 Å². The Morgan fingerprint density at radius 1 is 0.329 bits per heavy atom. The minimum absolute atomic E-state index is 0.0752. The van der Waals surface area contributed by atoms with Crippen molar-refractivity contribution in [1.29, 1.82) is 0 Å². The van der Waals surface area contributed by atoms with Crippen LogP contribution >= 0.6 is 0 Å². The maximum absolute atomic E-state index is 13.5. The van der Waals surface area contributed by atoms with Gasteiger partial charge in [-0.25, -0.2) is 0 Å². The van der Waals surface area contributed by atoms with Crippen molar-refractivity contribution in [1.82, 2.24) is 0 Å². The molecule has 0 aliphatic rings. The molecule has 0 saturated carbocycles. The molecule has 0 aliphatic carbocycles. The Balaban J connectivity index is 0.000000150. The van der Waals surface area contributed by atoms with Crippen LogP contribution in [0.25, 0.3) is 0 Å². The summed E-state index contributed by atoms with van der Waals surface area (Å²) >= 11 is 0. The number of ketones is 1. The van der Waals surface area contributed by atoms with Crippen LogP contribution in [0.4, 0.5) is 13.2 Å². The lowest BCUT2D eigenvalue weighted by atomic mass is 9.75. The van der Waals surface area contributed by atoms with Crippen molar-refractivity contribution >= 4 is 5.78 Å². The van der Waals surface area contributed by atoms with Gasteiger partial charge in [-0.1, -0.05) is 293 Å². The first-order valence-corrected chi connectivity index (χ1v) is 24.2. The number of para-hydroxylation sites is 2. The Morgan fingerprint density at radius 3 is 0.836 bits per heavy atom. The Labute approximate surface area is 430 Å². The van der Waals surface area contributed by atoms with Crippen LogP contribution < -0.4 is 4.74 Å². The summed E-state index contributed by atoms with van der Waals surface area (Å²) in [4.78, 5) is 11.8. The summed E-state index contributed by atoms with van der Waals surface area (Å²) in [5.41, 5.74) is 5.54. The third-order valence-electron chi connectivity index (χ3n) is 12.1. The first-order chi connectivity index (χ1) is 35.4. The predicted molar refractivity (Wildman–Crippen MR) is 295 cm³/mol. The average molecular weight is 967 g/mol. The Bertz CT molecular complexity index is 2760. The highest BCUT2D eigenvalue weighted by Gasteiger charge is 2.53. The summed E-state index contributed by atoms with van der Waals surface area (Å²) in [6, 6.07) is 96.4. The molecule has 10 aromatic rings. The van der Waals surface area contributed by atoms with Gasteiger partial charge >= 0.3 is 6.18 Å². The molecule has 0 unspecified atom stereocenters. The van der Waals surface area contributed by atoms with Crippen molar-refractivity contribution in [2.75, 3.05) is 0 Å². The van der Waals surface area contributed by atoms with Crippen LogP contribution in [0.2, 0.25) is 0 Å². The molecule has 0 heterocycles. The van der Waals surface area contributed by atoms with E-state index in [1.807, 2.05) is 121 Å². The van der Waals surface area contributed by atoms with Crippen LogP contribution in [0.3, 0.4) is 0 Å². The molecule has 0 fully saturated rings. The van der Waals surface area contributed by atoms with Crippen molar-refractivity contribution in [3.63, 3.8) is 0 Å². The lowest BCUT2D eigenvalue weighted by molar-refractivity contribution is -0.173. The Kier molecular flexibility index (Phi) is 20.5. The van der Waals surface area contributed by atoms with Gasteiger partial charge in [-0.2, -0.15) is 13.2 Å². The highest BCUT2D eigenvalue weighted by Crippen LogP contribution is 2.45. The zero-order valence-corrected chi connectivity index (χ0v) is 41.5. The third-order valence-corrected chi connectivity index (χ3v) is 12.1. The molecule has 10 aromatic carbocycles. The molecule has 10 rings (SSSR count). The molecule has 0 spiro atoms. The van der Waals surface area contributed by atoms with E-state index in [2.05, 4.69) is 135 Å². The first kappa shape index (κ1) is 53.8. The smallest absolute Gasteiger partial charge is 0.402 e. The SMILES string of the molecule is CC(C)(c1ccccc1)c1ccccc1.CC(c1ccccc1)(c1ccccc1)C(F)(F)F.O=C(c1ccccc1)c1ccccc1.c1ccc(Cc2ccccc2)cc1.c1ccc(Oc2ccccc2)cc1. The highest BCUT2D eigenvalue weighted by atomic mass is 19.4. The lowest BCUT2D eigenvalue weighted by Crippen LogP contribution is -2.40. The van der Waals surface area contributed by atoms with Gasteiger partial charge in [0.05, 0.1) is 0 Å². The average Bonchev–Trinajstić information content (AvgIpc) is 3.45. The number of carbonyl (C=O) groups excluding carboxylic acids is 1. The van der Waals surface area contributed by atoms with E-state index in [-0.39, 0.29) is 22.3 Å². The molecule has 0 aromatic heterocycles. The normalized spacial score (nSPS) is 10.7. The van der Waals surface area contributed by atoms with Crippen molar-refractivity contribution in [3.8, 4) is 11.5 Å². The summed E-state index contributed by atoms with van der Waals surface area (Å²) < 4.78 is 46.0. The number of hydrogen-bond donors (Lipinski definition) is 0. The van der Waals surface area contributed by atoms with E-state index in [0.717, 1.165) is 29.0 Å². The van der Waals surface area contributed by atoms with Crippen LogP contribution in [0.15, 0.2) is 303 Å². The van der Waals surface area contributed by atoms with E-state index in [1.54, 1.807) is 36.4 Å². The third kappa shape index (κ3) is 16.5. The van der Waals surface area contributed by atoms with E-state index in [0.29, 0.717) is 0 Å². The number of alkyl halides is 3. The number of hydrogen-bond acceptors (Lipinski definition) is 2. The standard InChI is InChI=1S/C15H13F3.C15H16.C13H10O.C13H12.C12H10O/c1-14(15(16,17)18,12-8-4-2-5-9-12)13-10-6-3-7-11-13;1-15(2,13-9-5-3-6-10-13)14-11-7-4-8-12-14;14-13(11-7-3-1-4-8-11)12-9-5-2-6-10-12;1-3-7-12(8-4-1)11-13-9-5-2-6-10-13;1-3-7-11(8-4-1)13-12-9-5-2-6-10-12/h2-11H,1H3;3-12H,1-2H3;1-10H;1-10H,11H2;1-10H. The van der Waals surface area contributed by atoms with E-state index < -0.39 is 11.6 Å². The minimum Gasteiger partial charge on any atom is -0.457 e. The number of halogens is 3. The molecule has 73 heavy (non-hydrogen) atoms. The van der Waals surface area contributed by atoms with Gasteiger partial charge in [0.25, 0.3) is 0 Å². The largest absolute Gasteiger partial charge is 0.457 e. The predicted octanol–water partition coefficient (Wildman–Crippen LogP) is 18.2. The van der Waals surface area contributed by atoms with Crippen molar-refractivity contribution < 1.29 is 22.7 Å². The molecule has 0 amide bonds. The maximum Gasteiger partial charge on any atom is 0.402 e. The van der Waals surface area contributed by atoms with Crippen LogP contribution in [-0.2, 0) is 17.3 Å². The summed E-state index contributed by atoms with van der Waals surface area (Å²) in [6.45, 7) is 5.74. The van der Waals surface area contributed by atoms with E-state index >= 15 is 0 Å². The molecule has 0 saturated heterocycles. The molecule has 0 N–H and O–H groups in total. The van der Waals surface area contributed by atoms with Crippen molar-refractivity contribution in [2.24, 2.45) is 0 Å². The summed E-state index contributed by atoms with van der Waals surface area (Å²) in [7, 11) is 0. The fourth-order valence-corrected chi connectivity index (χ4v) is 7.80. The number of rotatable bonds is 10. The molecule has 0 radical (unpaired) electrons. The molecule has 0 aliphatic heterocycles. The second-order valence-electron chi connectivity index (χ2n) is 17.6. The van der Waals surface area contributed by atoms with E-state index in [9.17, 15) is 18.0 Å². The summed E-state index contributed by atoms with van der Waals surface area (Å²) in [6.07, 6.45) is -3.31. The zero-order valence-electron chi connectivity index (χ0n) is 41.5. The number of carbonyl (C=O) groups is 1. The van der Waals surface area contributed by atoms with Crippen molar-refractivity contribution in [3.05, 3.63) is 348 Å². The summed E-state index contributed by atoms with van der Waals surface area (Å²) in [5, 5.41) is 0. The summed E-state index contributed by atoms with van der Waals surface area (Å²) in [5.74, 6) is 1.81. The molecule has 366 valence electrons. The van der Waals surface area contributed by atoms with Gasteiger partial charge in [0, 0.05) is 16.5 Å². The van der Waals surface area contributed by atoms with Crippen molar-refractivity contribution in [2.45, 2.75) is 44.2 Å². The first-order valence-electron chi connectivity index (χ1n) is 24.2. The molecule has 0 bridgehead atoms. The molecular formula is C68H61F3O2. The molecule has 0 atom stereocenters. The fourth-order valence-electron chi connectivity index (χ4n) is 7.80. The van der Waals surface area contributed by atoms with Gasteiger partial charge in [0.2, 0.25) is 0 Å².